The highest BCUT2D eigenvalue weighted by Crippen LogP contribution is 2.28. The van der Waals surface area contributed by atoms with Crippen LogP contribution in [0.5, 0.6) is 0 Å². The number of benzene rings is 1. The predicted octanol–water partition coefficient (Wildman–Crippen LogP) is 2.02. The number of carbonyl (C=O) groups is 2. The van der Waals surface area contributed by atoms with E-state index in [0.29, 0.717) is 5.75 Å². The highest BCUT2D eigenvalue weighted by Gasteiger charge is 2.39. The molecule has 1 aliphatic rings. The number of carboxylic acid groups (broad SMARTS) is 1. The highest BCUT2D eigenvalue weighted by molar-refractivity contribution is 8.00. The zero-order chi connectivity index (χ0) is 15.6. The fourth-order valence-corrected chi connectivity index (χ4v) is 3.24. The van der Waals surface area contributed by atoms with Crippen LogP contribution in [0.4, 0.5) is 13.6 Å². The molecule has 5 nitrogen and oxygen atoms in total. The molecule has 2 N–H and O–H groups in total. The summed E-state index contributed by atoms with van der Waals surface area (Å²) in [7, 11) is 0. The lowest BCUT2D eigenvalue weighted by Crippen LogP contribution is -2.49. The van der Waals surface area contributed by atoms with Crippen LogP contribution in [0.1, 0.15) is 12.5 Å². The van der Waals surface area contributed by atoms with Gasteiger partial charge in [-0.3, -0.25) is 4.90 Å². The largest absolute Gasteiger partial charge is 0.480 e. The van der Waals surface area contributed by atoms with Gasteiger partial charge in [-0.15, -0.1) is 11.8 Å². The van der Waals surface area contributed by atoms with Gasteiger partial charge in [0.05, 0.1) is 5.37 Å². The number of carbonyl (C=O) groups excluding carboxylic acids is 1. The third-order valence-corrected chi connectivity index (χ3v) is 4.41. The fourth-order valence-electron chi connectivity index (χ4n) is 2.07. The summed E-state index contributed by atoms with van der Waals surface area (Å²) in [6.45, 7) is 1.59. The molecule has 21 heavy (non-hydrogen) atoms. The summed E-state index contributed by atoms with van der Waals surface area (Å²) in [6.07, 6.45) is 0. The number of aliphatic carboxylic acids is 1. The van der Waals surface area contributed by atoms with Crippen LogP contribution in [-0.2, 0) is 11.3 Å². The van der Waals surface area contributed by atoms with Crippen molar-refractivity contribution in [2.24, 2.45) is 0 Å². The van der Waals surface area contributed by atoms with Crippen molar-refractivity contribution in [2.75, 3.05) is 5.75 Å². The summed E-state index contributed by atoms with van der Waals surface area (Å²) < 4.78 is 26.2. The Morgan fingerprint density at radius 3 is 2.81 bits per heavy atom. The Labute approximate surface area is 124 Å². The van der Waals surface area contributed by atoms with Crippen molar-refractivity contribution >= 4 is 23.8 Å². The second kappa shape index (κ2) is 6.30. The lowest BCUT2D eigenvalue weighted by Gasteiger charge is -2.25. The van der Waals surface area contributed by atoms with E-state index >= 15 is 0 Å². The topological polar surface area (TPSA) is 69.6 Å². The number of hydrogen-bond acceptors (Lipinski definition) is 3. The first-order valence-electron chi connectivity index (χ1n) is 6.24. The van der Waals surface area contributed by atoms with Crippen LogP contribution < -0.4 is 5.32 Å². The maximum Gasteiger partial charge on any atom is 0.327 e. The number of nitrogens with one attached hydrogen (secondary N) is 1. The summed E-state index contributed by atoms with van der Waals surface area (Å²) in [5.74, 6) is -2.21. The number of carboxylic acids is 1. The van der Waals surface area contributed by atoms with Gasteiger partial charge in [0.25, 0.3) is 0 Å². The fraction of sp³-hybridized carbons (Fsp3) is 0.385. The van der Waals surface area contributed by atoms with Crippen LogP contribution in [0, 0.1) is 11.6 Å². The van der Waals surface area contributed by atoms with Crippen molar-refractivity contribution in [3.05, 3.63) is 35.4 Å². The maximum atomic E-state index is 13.5. The molecular formula is C13H14F2N2O3S. The number of hydrogen-bond donors (Lipinski definition) is 2. The van der Waals surface area contributed by atoms with Crippen LogP contribution in [0.15, 0.2) is 18.2 Å². The molecule has 1 aliphatic heterocycles. The molecule has 0 radical (unpaired) electrons. The van der Waals surface area contributed by atoms with Gasteiger partial charge in [-0.05, 0) is 13.0 Å². The van der Waals surface area contributed by atoms with E-state index in [4.69, 9.17) is 5.11 Å². The number of rotatable bonds is 3. The summed E-state index contributed by atoms with van der Waals surface area (Å²) in [5.41, 5.74) is 0.135. The van der Waals surface area contributed by atoms with E-state index in [0.717, 1.165) is 12.1 Å². The van der Waals surface area contributed by atoms with Crippen molar-refractivity contribution < 1.29 is 23.5 Å². The van der Waals surface area contributed by atoms with Crippen LogP contribution in [0.3, 0.4) is 0 Å². The standard InChI is InChI=1S/C13H14F2N2O3S/c1-7-17(11(6-21-7)12(18)19)13(20)16-5-8-2-3-9(14)4-10(8)15/h2-4,7,11H,5-6H2,1H3,(H,16,20)(H,18,19). The van der Waals surface area contributed by atoms with Crippen LogP contribution >= 0.6 is 11.8 Å². The lowest BCUT2D eigenvalue weighted by atomic mass is 10.2. The molecular weight excluding hydrogens is 302 g/mol. The molecule has 2 amide bonds. The van der Waals surface area contributed by atoms with E-state index in [9.17, 15) is 18.4 Å². The SMILES string of the molecule is CC1SCC(C(=O)O)N1C(=O)NCc1ccc(F)cc1F. The third-order valence-electron chi connectivity index (χ3n) is 3.19. The average Bonchev–Trinajstić information content (AvgIpc) is 2.79. The van der Waals surface area contributed by atoms with Crippen molar-refractivity contribution in [3.63, 3.8) is 0 Å². The smallest absolute Gasteiger partial charge is 0.327 e. The summed E-state index contributed by atoms with van der Waals surface area (Å²) >= 11 is 1.36. The Kier molecular flexibility index (Phi) is 4.66. The molecule has 1 saturated heterocycles. The number of nitrogens with zero attached hydrogens (tertiary/aromatic N) is 1. The minimum absolute atomic E-state index is 0.134. The van der Waals surface area contributed by atoms with Crippen LogP contribution in [0.2, 0.25) is 0 Å². The molecule has 0 aromatic heterocycles. The number of thioether (sulfide) groups is 1. The first-order valence-corrected chi connectivity index (χ1v) is 7.29. The molecule has 8 heteroatoms. The van der Waals surface area contributed by atoms with Crippen LogP contribution in [0.25, 0.3) is 0 Å². The van der Waals surface area contributed by atoms with Gasteiger partial charge >= 0.3 is 12.0 Å². The molecule has 0 saturated carbocycles. The van der Waals surface area contributed by atoms with Gasteiger partial charge in [0, 0.05) is 23.9 Å². The monoisotopic (exact) mass is 316 g/mol. The van der Waals surface area contributed by atoms with E-state index in [1.807, 2.05) is 0 Å². The molecule has 0 aliphatic carbocycles. The van der Waals surface area contributed by atoms with Gasteiger partial charge in [-0.2, -0.15) is 0 Å². The predicted molar refractivity (Wildman–Crippen MR) is 73.8 cm³/mol. The first-order chi connectivity index (χ1) is 9.90. The van der Waals surface area contributed by atoms with E-state index in [2.05, 4.69) is 5.32 Å². The maximum absolute atomic E-state index is 13.5. The molecule has 114 valence electrons. The number of urea groups is 1. The lowest BCUT2D eigenvalue weighted by molar-refractivity contribution is -0.141. The zero-order valence-electron chi connectivity index (χ0n) is 11.2. The molecule has 0 spiro atoms. The van der Waals surface area contributed by atoms with Gasteiger partial charge in [-0.25, -0.2) is 18.4 Å². The normalized spacial score (nSPS) is 21.4. The summed E-state index contributed by atoms with van der Waals surface area (Å²) in [6, 6.07) is 1.59. The molecule has 2 unspecified atom stereocenters. The average molecular weight is 316 g/mol. The molecule has 1 fully saturated rings. The van der Waals surface area contributed by atoms with E-state index in [1.54, 1.807) is 6.92 Å². The molecule has 2 rings (SSSR count). The zero-order valence-corrected chi connectivity index (χ0v) is 12.0. The number of halogens is 2. The van der Waals surface area contributed by atoms with Gasteiger partial charge in [-0.1, -0.05) is 6.07 Å². The summed E-state index contributed by atoms with van der Waals surface area (Å²) in [4.78, 5) is 24.4. The quantitative estimate of drug-likeness (QED) is 0.895. The Bertz CT molecular complexity index is 570. The second-order valence-electron chi connectivity index (χ2n) is 4.59. The summed E-state index contributed by atoms with van der Waals surface area (Å²) in [5, 5.41) is 11.3. The van der Waals surface area contributed by atoms with Gasteiger partial charge in [0.2, 0.25) is 0 Å². The van der Waals surface area contributed by atoms with Crippen molar-refractivity contribution in [2.45, 2.75) is 24.9 Å². The van der Waals surface area contributed by atoms with Crippen molar-refractivity contribution in [1.82, 2.24) is 10.2 Å². The molecule has 1 aromatic carbocycles. The van der Waals surface area contributed by atoms with E-state index in [-0.39, 0.29) is 17.5 Å². The highest BCUT2D eigenvalue weighted by atomic mass is 32.2. The minimum atomic E-state index is -1.07. The minimum Gasteiger partial charge on any atom is -0.480 e. The Morgan fingerprint density at radius 1 is 1.48 bits per heavy atom. The first kappa shape index (κ1) is 15.6. The Hall–Kier alpha value is -1.83. The molecule has 1 heterocycles. The third kappa shape index (κ3) is 3.44. The number of amides is 2. The van der Waals surface area contributed by atoms with E-state index < -0.39 is 29.7 Å². The van der Waals surface area contributed by atoms with Gasteiger partial charge in [0.1, 0.15) is 17.7 Å². The molecule has 0 bridgehead atoms. The Balaban J connectivity index is 2.02. The van der Waals surface area contributed by atoms with Crippen molar-refractivity contribution in [1.29, 1.82) is 0 Å². The van der Waals surface area contributed by atoms with E-state index in [1.165, 1.54) is 22.7 Å². The van der Waals surface area contributed by atoms with Crippen molar-refractivity contribution in [3.8, 4) is 0 Å². The molecule has 2 atom stereocenters. The van der Waals surface area contributed by atoms with Gasteiger partial charge < -0.3 is 10.4 Å². The Morgan fingerprint density at radius 2 is 2.19 bits per heavy atom. The molecule has 1 aromatic rings. The van der Waals surface area contributed by atoms with Gasteiger partial charge in [0.15, 0.2) is 0 Å². The van der Waals surface area contributed by atoms with Crippen LogP contribution in [-0.4, -0.2) is 39.2 Å². The second-order valence-corrected chi connectivity index (χ2v) is 5.94.